The first-order valence-electron chi connectivity index (χ1n) is 7.34. The number of anilines is 1. The highest BCUT2D eigenvalue weighted by molar-refractivity contribution is 9.10. The molecule has 22 heavy (non-hydrogen) atoms. The Balaban J connectivity index is 1.96. The lowest BCUT2D eigenvalue weighted by atomic mass is 10.1. The second kappa shape index (κ2) is 7.94. The molecule has 1 amide bonds. The largest absolute Gasteiger partial charge is 0.325 e. The molecule has 1 N–H and O–H groups in total. The summed E-state index contributed by atoms with van der Waals surface area (Å²) in [6.45, 7) is 2.66. The number of hydrogen-bond donors (Lipinski definition) is 1. The van der Waals surface area contributed by atoms with Crippen LogP contribution < -0.4 is 10.9 Å². The highest BCUT2D eigenvalue weighted by atomic mass is 79.9. The van der Waals surface area contributed by atoms with Crippen LogP contribution in [0.25, 0.3) is 0 Å². The number of nitrogens with zero attached hydrogens (tertiary/aromatic N) is 1. The van der Waals surface area contributed by atoms with Crippen LogP contribution in [0.3, 0.4) is 0 Å². The van der Waals surface area contributed by atoms with Gasteiger partial charge in [-0.05, 0) is 30.5 Å². The predicted molar refractivity (Wildman–Crippen MR) is 92.1 cm³/mol. The monoisotopic (exact) mass is 362 g/mol. The molecule has 0 unspecified atom stereocenters. The molecular weight excluding hydrogens is 344 g/mol. The Morgan fingerprint density at radius 3 is 2.73 bits per heavy atom. The van der Waals surface area contributed by atoms with Gasteiger partial charge in [-0.2, -0.15) is 0 Å². The average molecular weight is 363 g/mol. The smallest absolute Gasteiger partial charge is 0.250 e. The van der Waals surface area contributed by atoms with Crippen molar-refractivity contribution in [3.63, 3.8) is 0 Å². The van der Waals surface area contributed by atoms with Gasteiger partial charge in [-0.1, -0.05) is 41.1 Å². The van der Waals surface area contributed by atoms with Gasteiger partial charge < -0.3 is 9.88 Å². The molecule has 0 aliphatic heterocycles. The van der Waals surface area contributed by atoms with Gasteiger partial charge in [0.1, 0.15) is 0 Å². The van der Waals surface area contributed by atoms with Crippen LogP contribution in [-0.4, -0.2) is 10.5 Å². The molecule has 1 aromatic heterocycles. The van der Waals surface area contributed by atoms with Crippen LogP contribution in [0, 0.1) is 0 Å². The molecule has 0 aliphatic carbocycles. The molecule has 0 fully saturated rings. The third kappa shape index (κ3) is 4.56. The number of aryl methyl sites for hydroxylation is 2. The van der Waals surface area contributed by atoms with Gasteiger partial charge in [0.15, 0.2) is 0 Å². The van der Waals surface area contributed by atoms with E-state index in [2.05, 4.69) is 21.2 Å². The summed E-state index contributed by atoms with van der Waals surface area (Å²) in [5.41, 5.74) is 1.71. The highest BCUT2D eigenvalue weighted by Crippen LogP contribution is 2.17. The first-order valence-corrected chi connectivity index (χ1v) is 8.13. The number of rotatable bonds is 6. The maximum absolute atomic E-state index is 12.0. The number of pyridine rings is 1. The van der Waals surface area contributed by atoms with E-state index >= 15 is 0 Å². The van der Waals surface area contributed by atoms with Crippen LogP contribution in [-0.2, 0) is 17.8 Å². The van der Waals surface area contributed by atoms with Crippen molar-refractivity contribution in [3.05, 3.63) is 63.0 Å². The molecule has 4 nitrogen and oxygen atoms in total. The summed E-state index contributed by atoms with van der Waals surface area (Å²) in [6.07, 6.45) is 3.64. The zero-order valence-electron chi connectivity index (χ0n) is 12.5. The van der Waals surface area contributed by atoms with E-state index in [0.29, 0.717) is 25.1 Å². The molecule has 0 aliphatic rings. The highest BCUT2D eigenvalue weighted by Gasteiger charge is 2.06. The number of nitrogens with one attached hydrogen (secondary N) is 1. The van der Waals surface area contributed by atoms with E-state index in [1.54, 1.807) is 16.8 Å². The predicted octanol–water partition coefficient (Wildman–Crippen LogP) is 3.59. The quantitative estimate of drug-likeness (QED) is 0.853. The zero-order chi connectivity index (χ0) is 15.9. The van der Waals surface area contributed by atoms with Gasteiger partial charge in [0.2, 0.25) is 5.91 Å². The van der Waals surface area contributed by atoms with Gasteiger partial charge in [0.25, 0.3) is 5.56 Å². The summed E-state index contributed by atoms with van der Waals surface area (Å²) >= 11 is 3.48. The molecule has 0 bridgehead atoms. The summed E-state index contributed by atoms with van der Waals surface area (Å²) in [5.74, 6) is -0.0579. The molecule has 5 heteroatoms. The Hall–Kier alpha value is -1.88. The number of halogens is 1. The van der Waals surface area contributed by atoms with E-state index in [-0.39, 0.29) is 11.5 Å². The summed E-state index contributed by atoms with van der Waals surface area (Å²) in [4.78, 5) is 23.7. The molecule has 1 heterocycles. The first kappa shape index (κ1) is 16.5. The number of amides is 1. The van der Waals surface area contributed by atoms with Gasteiger partial charge in [0, 0.05) is 29.7 Å². The fourth-order valence-electron chi connectivity index (χ4n) is 2.19. The SMILES string of the molecule is CCCn1cc(NC(=O)CCc2ccccc2Br)ccc1=O. The maximum Gasteiger partial charge on any atom is 0.250 e. The van der Waals surface area contributed by atoms with Crippen molar-refractivity contribution in [1.82, 2.24) is 4.57 Å². The minimum atomic E-state index is -0.0579. The molecule has 2 aromatic rings. The number of carbonyl (C=O) groups excluding carboxylic acids is 1. The van der Waals surface area contributed by atoms with Crippen molar-refractivity contribution in [2.45, 2.75) is 32.7 Å². The van der Waals surface area contributed by atoms with Crippen LogP contribution in [0.1, 0.15) is 25.3 Å². The standard InChI is InChI=1S/C17H19BrN2O2/c1-2-11-20-12-14(8-10-17(20)22)19-16(21)9-7-13-5-3-4-6-15(13)18/h3-6,8,10,12H,2,7,9,11H2,1H3,(H,19,21). The average Bonchev–Trinajstić information content (AvgIpc) is 2.50. The minimum Gasteiger partial charge on any atom is -0.325 e. The third-order valence-corrected chi connectivity index (χ3v) is 4.08. The van der Waals surface area contributed by atoms with Gasteiger partial charge in [-0.3, -0.25) is 9.59 Å². The van der Waals surface area contributed by atoms with Gasteiger partial charge in [-0.15, -0.1) is 0 Å². The van der Waals surface area contributed by atoms with Gasteiger partial charge >= 0.3 is 0 Å². The first-order chi connectivity index (χ1) is 10.6. The minimum absolute atomic E-state index is 0.0481. The molecule has 0 saturated heterocycles. The lowest BCUT2D eigenvalue weighted by molar-refractivity contribution is -0.116. The van der Waals surface area contributed by atoms with Crippen LogP contribution in [0.5, 0.6) is 0 Å². The molecular formula is C17H19BrN2O2. The zero-order valence-corrected chi connectivity index (χ0v) is 14.1. The lowest BCUT2D eigenvalue weighted by Gasteiger charge is -2.09. The molecule has 0 atom stereocenters. The Morgan fingerprint density at radius 2 is 2.00 bits per heavy atom. The topological polar surface area (TPSA) is 51.1 Å². The molecule has 1 aromatic carbocycles. The van der Waals surface area contributed by atoms with Crippen molar-refractivity contribution < 1.29 is 4.79 Å². The van der Waals surface area contributed by atoms with Crippen LogP contribution in [0.4, 0.5) is 5.69 Å². The second-order valence-electron chi connectivity index (χ2n) is 5.09. The Labute approximate surface area is 138 Å². The summed E-state index contributed by atoms with van der Waals surface area (Å²) < 4.78 is 2.63. The van der Waals surface area contributed by atoms with Gasteiger partial charge in [0.05, 0.1) is 5.69 Å². The summed E-state index contributed by atoms with van der Waals surface area (Å²) in [5, 5.41) is 2.84. The number of carbonyl (C=O) groups is 1. The molecule has 0 radical (unpaired) electrons. The molecule has 2 rings (SSSR count). The third-order valence-electron chi connectivity index (χ3n) is 3.31. The Morgan fingerprint density at radius 1 is 1.23 bits per heavy atom. The van der Waals surface area contributed by atoms with Crippen molar-refractivity contribution >= 4 is 27.5 Å². The van der Waals surface area contributed by atoms with Crippen molar-refractivity contribution in [2.24, 2.45) is 0 Å². The van der Waals surface area contributed by atoms with Crippen LogP contribution in [0.15, 0.2) is 51.9 Å². The molecule has 0 spiro atoms. The Kier molecular flexibility index (Phi) is 5.95. The van der Waals surface area contributed by atoms with E-state index in [1.165, 1.54) is 6.07 Å². The number of benzene rings is 1. The number of hydrogen-bond acceptors (Lipinski definition) is 2. The summed E-state index contributed by atoms with van der Waals surface area (Å²) in [7, 11) is 0. The van der Waals surface area contributed by atoms with Gasteiger partial charge in [-0.25, -0.2) is 0 Å². The van der Waals surface area contributed by atoms with E-state index in [0.717, 1.165) is 16.5 Å². The normalized spacial score (nSPS) is 10.5. The summed E-state index contributed by atoms with van der Waals surface area (Å²) in [6, 6.07) is 11.0. The molecule has 116 valence electrons. The van der Waals surface area contributed by atoms with Crippen molar-refractivity contribution in [3.8, 4) is 0 Å². The van der Waals surface area contributed by atoms with E-state index in [9.17, 15) is 9.59 Å². The van der Waals surface area contributed by atoms with E-state index in [4.69, 9.17) is 0 Å². The second-order valence-corrected chi connectivity index (χ2v) is 5.94. The maximum atomic E-state index is 12.0. The van der Waals surface area contributed by atoms with Crippen molar-refractivity contribution in [1.29, 1.82) is 0 Å². The fraction of sp³-hybridized carbons (Fsp3) is 0.294. The van der Waals surface area contributed by atoms with E-state index < -0.39 is 0 Å². The fourth-order valence-corrected chi connectivity index (χ4v) is 2.68. The number of aromatic nitrogens is 1. The van der Waals surface area contributed by atoms with Crippen LogP contribution >= 0.6 is 15.9 Å². The molecule has 0 saturated carbocycles. The lowest BCUT2D eigenvalue weighted by Crippen LogP contribution is -2.20. The van der Waals surface area contributed by atoms with Crippen molar-refractivity contribution in [2.75, 3.05) is 5.32 Å². The Bertz CT molecular complexity index is 710. The van der Waals surface area contributed by atoms with Crippen LogP contribution in [0.2, 0.25) is 0 Å². The van der Waals surface area contributed by atoms with E-state index in [1.807, 2.05) is 31.2 Å².